The van der Waals surface area contributed by atoms with Crippen molar-refractivity contribution in [3.05, 3.63) is 52.6 Å². The van der Waals surface area contributed by atoms with E-state index in [1.807, 2.05) is 24.7 Å². The third-order valence-electron chi connectivity index (χ3n) is 7.67. The van der Waals surface area contributed by atoms with Crippen LogP contribution in [0.2, 0.25) is 0 Å². The summed E-state index contributed by atoms with van der Waals surface area (Å²) in [6, 6.07) is 4.09. The van der Waals surface area contributed by atoms with Crippen molar-refractivity contribution >= 4 is 17.2 Å². The van der Waals surface area contributed by atoms with Crippen LogP contribution in [0.1, 0.15) is 116 Å². The maximum Gasteiger partial charge on any atom is 0.166 e. The molecule has 0 spiro atoms. The van der Waals surface area contributed by atoms with Crippen molar-refractivity contribution in [2.75, 3.05) is 18.8 Å². The number of aromatic nitrogens is 3. The Morgan fingerprint density at radius 3 is 2.21 bits per heavy atom. The molecule has 7 heteroatoms. The fourth-order valence-electron chi connectivity index (χ4n) is 5.52. The third-order valence-corrected chi connectivity index (χ3v) is 8.88. The lowest BCUT2D eigenvalue weighted by Crippen LogP contribution is -2.45. The average Bonchev–Trinajstić information content (AvgIpc) is 3.34. The molecule has 0 amide bonds. The van der Waals surface area contributed by atoms with Crippen LogP contribution in [0.25, 0.3) is 10.4 Å². The largest absolute Gasteiger partial charge is 0.482 e. The highest BCUT2D eigenvalue weighted by Crippen LogP contribution is 2.40. The second kappa shape index (κ2) is 10.8. The lowest BCUT2D eigenvalue weighted by Gasteiger charge is -2.40. The summed E-state index contributed by atoms with van der Waals surface area (Å²) in [7, 11) is 0. The molecule has 1 atom stereocenters. The first-order valence-corrected chi connectivity index (χ1v) is 15.0. The molecule has 0 aromatic carbocycles. The van der Waals surface area contributed by atoms with Crippen molar-refractivity contribution in [2.24, 2.45) is 0 Å². The number of thiazole rings is 1. The molecular weight excluding hydrogens is 502 g/mol. The lowest BCUT2D eigenvalue weighted by molar-refractivity contribution is 0.102. The van der Waals surface area contributed by atoms with Gasteiger partial charge in [-0.3, -0.25) is 9.88 Å². The van der Waals surface area contributed by atoms with Gasteiger partial charge in [-0.25, -0.2) is 9.97 Å². The molecule has 0 saturated carbocycles. The van der Waals surface area contributed by atoms with Crippen LogP contribution in [0.4, 0.5) is 5.82 Å². The van der Waals surface area contributed by atoms with Gasteiger partial charge in [0.1, 0.15) is 6.10 Å². The van der Waals surface area contributed by atoms with Gasteiger partial charge in [-0.2, -0.15) is 0 Å². The van der Waals surface area contributed by atoms with Gasteiger partial charge in [-0.05, 0) is 82.3 Å². The Morgan fingerprint density at radius 1 is 0.949 bits per heavy atom. The van der Waals surface area contributed by atoms with Crippen LogP contribution in [-0.4, -0.2) is 38.5 Å². The van der Waals surface area contributed by atoms with Crippen molar-refractivity contribution in [3.8, 4) is 16.2 Å². The van der Waals surface area contributed by atoms with Crippen molar-refractivity contribution in [3.63, 3.8) is 0 Å². The SMILES string of the molecule is CC(Oc1cc(-c2cnc(C3CCN(C(C)(C)C)CC3)s2)cnc1N)c1ccnc(C(C)(C)C)c1C(C)(C)C. The summed E-state index contributed by atoms with van der Waals surface area (Å²) in [5.74, 6) is 1.51. The van der Waals surface area contributed by atoms with E-state index in [4.69, 9.17) is 20.4 Å². The quantitative estimate of drug-likeness (QED) is 0.349. The van der Waals surface area contributed by atoms with Gasteiger partial charge in [-0.15, -0.1) is 11.3 Å². The van der Waals surface area contributed by atoms with E-state index in [2.05, 4.69) is 85.2 Å². The van der Waals surface area contributed by atoms with E-state index >= 15 is 0 Å². The van der Waals surface area contributed by atoms with Gasteiger partial charge in [0.15, 0.2) is 11.6 Å². The molecule has 1 fully saturated rings. The highest BCUT2D eigenvalue weighted by molar-refractivity contribution is 7.15. The van der Waals surface area contributed by atoms with Crippen LogP contribution in [0, 0.1) is 0 Å². The molecule has 4 rings (SSSR count). The second-order valence-corrected chi connectivity index (χ2v) is 15.0. The molecule has 0 bridgehead atoms. The number of nitrogen functional groups attached to an aromatic ring is 1. The number of rotatable bonds is 5. The minimum Gasteiger partial charge on any atom is -0.482 e. The van der Waals surface area contributed by atoms with E-state index in [1.54, 1.807) is 11.3 Å². The molecular formula is C32H47N5OS. The van der Waals surface area contributed by atoms with Crippen LogP contribution in [0.5, 0.6) is 5.75 Å². The highest BCUT2D eigenvalue weighted by atomic mass is 32.1. The molecule has 0 aliphatic carbocycles. The minimum atomic E-state index is -0.215. The number of hydrogen-bond acceptors (Lipinski definition) is 7. The molecule has 4 heterocycles. The van der Waals surface area contributed by atoms with Gasteiger partial charge in [0.2, 0.25) is 0 Å². The number of nitrogens with two attached hydrogens (primary N) is 1. The molecule has 1 aliphatic rings. The van der Waals surface area contributed by atoms with E-state index in [-0.39, 0.29) is 22.5 Å². The topological polar surface area (TPSA) is 77.2 Å². The molecule has 2 N–H and O–H groups in total. The Kier molecular flexibility index (Phi) is 8.17. The van der Waals surface area contributed by atoms with Crippen molar-refractivity contribution in [2.45, 2.75) is 110 Å². The molecule has 1 unspecified atom stereocenters. The molecule has 39 heavy (non-hydrogen) atoms. The normalized spacial score (nSPS) is 16.9. The first kappa shape index (κ1) is 29.5. The number of likely N-dealkylation sites (tertiary alicyclic amines) is 1. The summed E-state index contributed by atoms with van der Waals surface area (Å²) in [5.41, 5.74) is 10.8. The van der Waals surface area contributed by atoms with E-state index in [1.165, 1.54) is 10.6 Å². The summed E-state index contributed by atoms with van der Waals surface area (Å²) >= 11 is 1.77. The minimum absolute atomic E-state index is 0.0773. The summed E-state index contributed by atoms with van der Waals surface area (Å²) in [5, 5.41) is 1.22. The van der Waals surface area contributed by atoms with Gasteiger partial charge in [0.25, 0.3) is 0 Å². The Labute approximate surface area is 239 Å². The predicted octanol–water partition coefficient (Wildman–Crippen LogP) is 7.90. The van der Waals surface area contributed by atoms with E-state index < -0.39 is 0 Å². The second-order valence-electron chi connectivity index (χ2n) is 14.0. The number of piperidine rings is 1. The first-order valence-electron chi connectivity index (χ1n) is 14.2. The predicted molar refractivity (Wildman–Crippen MR) is 164 cm³/mol. The molecule has 3 aromatic rings. The van der Waals surface area contributed by atoms with E-state index in [9.17, 15) is 0 Å². The molecule has 1 aliphatic heterocycles. The van der Waals surface area contributed by atoms with Crippen molar-refractivity contribution in [1.29, 1.82) is 0 Å². The first-order chi connectivity index (χ1) is 18.1. The zero-order valence-corrected chi connectivity index (χ0v) is 26.4. The number of nitrogens with zero attached hydrogens (tertiary/aromatic N) is 4. The van der Waals surface area contributed by atoms with Gasteiger partial charge in [0, 0.05) is 46.7 Å². The van der Waals surface area contributed by atoms with Crippen LogP contribution in [-0.2, 0) is 10.8 Å². The van der Waals surface area contributed by atoms with Crippen LogP contribution in [0.15, 0.2) is 30.7 Å². The Hall–Kier alpha value is -2.51. The molecule has 0 radical (unpaired) electrons. The molecule has 3 aromatic heterocycles. The summed E-state index contributed by atoms with van der Waals surface area (Å²) < 4.78 is 6.53. The summed E-state index contributed by atoms with van der Waals surface area (Å²) in [4.78, 5) is 17.8. The molecule has 1 saturated heterocycles. The fourth-order valence-corrected chi connectivity index (χ4v) is 6.59. The fraction of sp³-hybridized carbons (Fsp3) is 0.594. The number of anilines is 1. The third kappa shape index (κ3) is 6.63. The van der Waals surface area contributed by atoms with Gasteiger partial charge < -0.3 is 10.5 Å². The van der Waals surface area contributed by atoms with E-state index in [0.717, 1.165) is 47.6 Å². The van der Waals surface area contributed by atoms with Crippen molar-refractivity contribution in [1.82, 2.24) is 19.9 Å². The zero-order chi connectivity index (χ0) is 28.8. The molecule has 6 nitrogen and oxygen atoms in total. The van der Waals surface area contributed by atoms with Crippen LogP contribution >= 0.6 is 11.3 Å². The maximum absolute atomic E-state index is 6.53. The molecule has 212 valence electrons. The Bertz CT molecular complexity index is 1290. The van der Waals surface area contributed by atoms with Crippen LogP contribution < -0.4 is 10.5 Å². The lowest BCUT2D eigenvalue weighted by atomic mass is 9.75. The van der Waals surface area contributed by atoms with Gasteiger partial charge in [0.05, 0.1) is 9.88 Å². The van der Waals surface area contributed by atoms with Gasteiger partial charge >= 0.3 is 0 Å². The van der Waals surface area contributed by atoms with Gasteiger partial charge in [-0.1, -0.05) is 41.5 Å². The maximum atomic E-state index is 6.53. The van der Waals surface area contributed by atoms with Crippen molar-refractivity contribution < 1.29 is 4.74 Å². The average molecular weight is 550 g/mol. The zero-order valence-electron chi connectivity index (χ0n) is 25.6. The summed E-state index contributed by atoms with van der Waals surface area (Å²) in [6.45, 7) is 24.5. The summed E-state index contributed by atoms with van der Waals surface area (Å²) in [6.07, 6.45) is 7.79. The number of pyridine rings is 2. The number of hydrogen-bond donors (Lipinski definition) is 1. The van der Waals surface area contributed by atoms with Crippen LogP contribution in [0.3, 0.4) is 0 Å². The monoisotopic (exact) mass is 549 g/mol. The highest BCUT2D eigenvalue weighted by Gasteiger charge is 2.32. The van der Waals surface area contributed by atoms with E-state index in [0.29, 0.717) is 17.5 Å². The Morgan fingerprint density at radius 2 is 1.62 bits per heavy atom. The number of ether oxygens (including phenoxy) is 1. The Balaban J connectivity index is 1.57. The smallest absolute Gasteiger partial charge is 0.166 e. The standard InChI is InChI=1S/C32H47N5OS/c1-20(23-11-14-34-27(31(5,6)7)26(23)30(2,3)4)38-24-17-22(18-35-28(24)33)25-19-36-29(39-25)21-12-15-37(16-13-21)32(8,9)10/h11,14,17-21H,12-13,15-16H2,1-10H3,(H2,33,35).